The van der Waals surface area contributed by atoms with Crippen molar-refractivity contribution in [3.05, 3.63) is 34.3 Å². The zero-order valence-electron chi connectivity index (χ0n) is 7.90. The highest BCUT2D eigenvalue weighted by Gasteiger charge is 2.27. The molecule has 3 nitrogen and oxygen atoms in total. The van der Waals surface area contributed by atoms with E-state index in [1.807, 2.05) is 24.3 Å². The number of rotatable bonds is 1. The van der Waals surface area contributed by atoms with Crippen molar-refractivity contribution in [1.82, 2.24) is 0 Å². The number of benzene rings is 1. The molecule has 1 fully saturated rings. The second-order valence-corrected chi connectivity index (χ2v) is 4.37. The Morgan fingerprint density at radius 3 is 2.80 bits per heavy atom. The lowest BCUT2D eigenvalue weighted by Crippen LogP contribution is -2.24. The predicted molar refractivity (Wildman–Crippen MR) is 57.2 cm³/mol. The first-order valence-corrected chi connectivity index (χ1v) is 5.41. The van der Waals surface area contributed by atoms with Gasteiger partial charge in [-0.25, -0.2) is 0 Å². The van der Waals surface area contributed by atoms with Gasteiger partial charge in [0.2, 0.25) is 0 Å². The molecule has 1 atom stereocenters. The van der Waals surface area contributed by atoms with Crippen LogP contribution in [0.25, 0.3) is 0 Å². The third-order valence-electron chi connectivity index (χ3n) is 2.25. The van der Waals surface area contributed by atoms with E-state index in [2.05, 4.69) is 15.9 Å². The standard InChI is InChI=1S/C11H9BrO3/c12-8-3-1-2-7(4-8)10-5-9(13)6-11(14)15-10/h1-4,10H,5-6H2. The Labute approximate surface area is 95.6 Å². The van der Waals surface area contributed by atoms with Crippen LogP contribution in [0.15, 0.2) is 28.7 Å². The van der Waals surface area contributed by atoms with Crippen LogP contribution in [0.5, 0.6) is 0 Å². The van der Waals surface area contributed by atoms with Gasteiger partial charge in [0.15, 0.2) is 0 Å². The minimum Gasteiger partial charge on any atom is -0.457 e. The molecule has 1 aliphatic rings. The van der Waals surface area contributed by atoms with Crippen LogP contribution < -0.4 is 0 Å². The van der Waals surface area contributed by atoms with Crippen molar-refractivity contribution in [2.75, 3.05) is 0 Å². The number of carbonyl (C=O) groups excluding carboxylic acids is 2. The molecule has 1 aromatic rings. The minimum absolute atomic E-state index is 0.0591. The minimum atomic E-state index is -0.434. The molecule has 0 aliphatic carbocycles. The number of Topliss-reactive ketones (excluding diaryl/α,β-unsaturated/α-hetero) is 1. The number of halogens is 1. The fourth-order valence-corrected chi connectivity index (χ4v) is 1.99. The monoisotopic (exact) mass is 268 g/mol. The third-order valence-corrected chi connectivity index (χ3v) is 2.74. The van der Waals surface area contributed by atoms with E-state index in [0.717, 1.165) is 10.0 Å². The van der Waals surface area contributed by atoms with Crippen molar-refractivity contribution in [3.63, 3.8) is 0 Å². The maximum absolute atomic E-state index is 11.2. The van der Waals surface area contributed by atoms with Crippen molar-refractivity contribution in [2.24, 2.45) is 0 Å². The van der Waals surface area contributed by atoms with Crippen LogP contribution in [0.3, 0.4) is 0 Å². The van der Waals surface area contributed by atoms with Crippen molar-refractivity contribution < 1.29 is 14.3 Å². The summed E-state index contributed by atoms with van der Waals surface area (Å²) in [5.41, 5.74) is 0.853. The van der Waals surface area contributed by atoms with Crippen molar-refractivity contribution in [3.8, 4) is 0 Å². The average Bonchev–Trinajstić information content (AvgIpc) is 2.16. The van der Waals surface area contributed by atoms with E-state index in [9.17, 15) is 9.59 Å². The Balaban J connectivity index is 2.23. The largest absolute Gasteiger partial charge is 0.457 e. The van der Waals surface area contributed by atoms with Gasteiger partial charge in [0.05, 0.1) is 0 Å². The topological polar surface area (TPSA) is 43.4 Å². The van der Waals surface area contributed by atoms with Crippen LogP contribution in [-0.2, 0) is 14.3 Å². The van der Waals surface area contributed by atoms with Gasteiger partial charge in [-0.05, 0) is 17.7 Å². The molecule has 1 aliphatic heterocycles. The number of ether oxygens (including phenoxy) is 1. The van der Waals surface area contributed by atoms with E-state index in [0.29, 0.717) is 0 Å². The molecular formula is C11H9BrO3. The summed E-state index contributed by atoms with van der Waals surface area (Å²) < 4.78 is 6.03. The molecule has 2 rings (SSSR count). The fraction of sp³-hybridized carbons (Fsp3) is 0.273. The zero-order valence-corrected chi connectivity index (χ0v) is 9.49. The van der Waals surface area contributed by atoms with Gasteiger partial charge >= 0.3 is 5.97 Å². The Kier molecular flexibility index (Phi) is 2.86. The summed E-state index contributed by atoms with van der Waals surface area (Å²) in [6.45, 7) is 0. The Hall–Kier alpha value is -1.16. The summed E-state index contributed by atoms with van der Waals surface area (Å²) in [6.07, 6.45) is -0.233. The molecule has 0 radical (unpaired) electrons. The second-order valence-electron chi connectivity index (χ2n) is 3.45. The molecule has 0 aromatic heterocycles. The Morgan fingerprint density at radius 1 is 1.33 bits per heavy atom. The fourth-order valence-electron chi connectivity index (χ4n) is 1.57. The maximum Gasteiger partial charge on any atom is 0.313 e. The zero-order chi connectivity index (χ0) is 10.8. The molecule has 4 heteroatoms. The Morgan fingerprint density at radius 2 is 2.13 bits per heavy atom. The maximum atomic E-state index is 11.2. The van der Waals surface area contributed by atoms with Crippen LogP contribution in [0.4, 0.5) is 0 Å². The lowest BCUT2D eigenvalue weighted by Gasteiger charge is -2.21. The van der Waals surface area contributed by atoms with Crippen molar-refractivity contribution in [2.45, 2.75) is 18.9 Å². The van der Waals surface area contributed by atoms with E-state index in [1.54, 1.807) is 0 Å². The molecule has 15 heavy (non-hydrogen) atoms. The molecule has 0 bridgehead atoms. The van der Waals surface area contributed by atoms with Gasteiger partial charge < -0.3 is 4.74 Å². The lowest BCUT2D eigenvalue weighted by molar-refractivity contribution is -0.158. The van der Waals surface area contributed by atoms with Gasteiger partial charge in [0, 0.05) is 10.9 Å². The summed E-state index contributed by atoms with van der Waals surface area (Å²) in [4.78, 5) is 22.3. The number of ketones is 1. The summed E-state index contributed by atoms with van der Waals surface area (Å²) in [7, 11) is 0. The predicted octanol–water partition coefficient (Wildman–Crippen LogP) is 2.40. The quantitative estimate of drug-likeness (QED) is 0.580. The number of hydrogen-bond acceptors (Lipinski definition) is 3. The first kappa shape index (κ1) is 10.4. The number of esters is 1. The molecule has 1 saturated heterocycles. The first-order chi connectivity index (χ1) is 7.15. The van der Waals surface area contributed by atoms with Gasteiger partial charge in [0.1, 0.15) is 18.3 Å². The molecule has 1 heterocycles. The van der Waals surface area contributed by atoms with Crippen molar-refractivity contribution >= 4 is 27.7 Å². The van der Waals surface area contributed by atoms with E-state index in [-0.39, 0.29) is 18.6 Å². The van der Waals surface area contributed by atoms with Gasteiger partial charge in [-0.15, -0.1) is 0 Å². The SMILES string of the molecule is O=C1CC(=O)OC(c2cccc(Br)c2)C1. The highest BCUT2D eigenvalue weighted by Crippen LogP contribution is 2.28. The molecule has 78 valence electrons. The summed E-state index contributed by atoms with van der Waals surface area (Å²) in [6, 6.07) is 7.44. The summed E-state index contributed by atoms with van der Waals surface area (Å²) in [5, 5.41) is 0. The van der Waals surface area contributed by atoms with Gasteiger partial charge in [-0.2, -0.15) is 0 Å². The van der Waals surface area contributed by atoms with E-state index in [1.165, 1.54) is 0 Å². The number of hydrogen-bond donors (Lipinski definition) is 0. The molecule has 1 unspecified atom stereocenters. The third kappa shape index (κ3) is 2.45. The Bertz CT molecular complexity index is 398. The smallest absolute Gasteiger partial charge is 0.313 e. The second kappa shape index (κ2) is 4.14. The lowest BCUT2D eigenvalue weighted by atomic mass is 10.0. The molecule has 0 N–H and O–H groups in total. The molecular weight excluding hydrogens is 260 g/mol. The van der Waals surface area contributed by atoms with Crippen LogP contribution >= 0.6 is 15.9 Å². The molecule has 0 saturated carbocycles. The van der Waals surface area contributed by atoms with Crippen LogP contribution in [-0.4, -0.2) is 11.8 Å². The van der Waals surface area contributed by atoms with Crippen LogP contribution in [0, 0.1) is 0 Å². The average molecular weight is 269 g/mol. The van der Waals surface area contributed by atoms with Gasteiger partial charge in [-0.3, -0.25) is 9.59 Å². The highest BCUT2D eigenvalue weighted by molar-refractivity contribution is 9.10. The summed E-state index contributed by atoms with van der Waals surface area (Å²) >= 11 is 3.33. The first-order valence-electron chi connectivity index (χ1n) is 4.62. The van der Waals surface area contributed by atoms with Crippen LogP contribution in [0.1, 0.15) is 24.5 Å². The summed E-state index contributed by atoms with van der Waals surface area (Å²) in [5.74, 6) is -0.493. The normalized spacial score (nSPS) is 21.3. The van der Waals surface area contributed by atoms with E-state index >= 15 is 0 Å². The van der Waals surface area contributed by atoms with Crippen molar-refractivity contribution in [1.29, 1.82) is 0 Å². The van der Waals surface area contributed by atoms with Gasteiger partial charge in [-0.1, -0.05) is 28.1 Å². The van der Waals surface area contributed by atoms with Gasteiger partial charge in [0.25, 0.3) is 0 Å². The molecule has 0 spiro atoms. The van der Waals surface area contributed by atoms with Crippen LogP contribution in [0.2, 0.25) is 0 Å². The number of carbonyl (C=O) groups is 2. The number of cyclic esters (lactones) is 1. The molecule has 0 amide bonds. The highest BCUT2D eigenvalue weighted by atomic mass is 79.9. The van der Waals surface area contributed by atoms with E-state index in [4.69, 9.17) is 4.74 Å². The van der Waals surface area contributed by atoms with E-state index < -0.39 is 12.1 Å². The molecule has 1 aromatic carbocycles.